The van der Waals surface area contributed by atoms with Crippen LogP contribution in [-0.2, 0) is 0 Å². The zero-order chi connectivity index (χ0) is 24.8. The van der Waals surface area contributed by atoms with Crippen molar-refractivity contribution in [3.8, 4) is 22.8 Å². The molecule has 0 fully saturated rings. The predicted molar refractivity (Wildman–Crippen MR) is 139 cm³/mol. The first-order valence-electron chi connectivity index (χ1n) is 11.5. The lowest BCUT2D eigenvalue weighted by Crippen LogP contribution is -2.23. The number of phenols is 2. The van der Waals surface area contributed by atoms with Crippen molar-refractivity contribution >= 4 is 39.4 Å². The number of phenolic OH excluding ortho intramolecular Hbond substituents is 2. The van der Waals surface area contributed by atoms with E-state index in [-0.39, 0.29) is 27.9 Å². The van der Waals surface area contributed by atoms with Gasteiger partial charge in [-0.15, -0.1) is 0 Å². The smallest absolute Gasteiger partial charge is 0.261 e. The van der Waals surface area contributed by atoms with Gasteiger partial charge in [-0.3, -0.25) is 4.79 Å². The van der Waals surface area contributed by atoms with Gasteiger partial charge in [0.2, 0.25) is 0 Å². The van der Waals surface area contributed by atoms with Crippen LogP contribution in [0.2, 0.25) is 0 Å². The van der Waals surface area contributed by atoms with Gasteiger partial charge in [0.05, 0.1) is 5.56 Å². The molecule has 7 nitrogen and oxygen atoms in total. The molecule has 8 heteroatoms. The topological polar surface area (TPSA) is 99.9 Å². The summed E-state index contributed by atoms with van der Waals surface area (Å²) in [5, 5.41) is 21.7. The minimum absolute atomic E-state index is 0.0644. The van der Waals surface area contributed by atoms with Gasteiger partial charge >= 0.3 is 0 Å². The van der Waals surface area contributed by atoms with Crippen molar-refractivity contribution in [2.45, 2.75) is 16.5 Å². The molecule has 2 aromatic heterocycles. The van der Waals surface area contributed by atoms with Crippen LogP contribution in [-0.4, -0.2) is 40.2 Å². The molecule has 6 rings (SSSR count). The van der Waals surface area contributed by atoms with E-state index >= 15 is 0 Å². The third kappa shape index (κ3) is 4.04. The predicted octanol–water partition coefficient (Wildman–Crippen LogP) is 5.88. The van der Waals surface area contributed by atoms with Gasteiger partial charge in [-0.2, -0.15) is 0 Å². The van der Waals surface area contributed by atoms with Crippen LogP contribution in [0, 0.1) is 0 Å². The number of para-hydroxylation sites is 2. The first kappa shape index (κ1) is 22.5. The standard InChI is InChI=1S/C28H22N2O5S/c1-30-12-10-17(11-13-30)25-20(31)14-21(32)26-22(33)15-24(34-27(25)26)16-6-8-18(9-7-16)36-28-29-19-4-2-3-5-23(19)35-28/h2-10,14-15,31-32H,11-13H2,1H3. The zero-order valence-corrected chi connectivity index (χ0v) is 20.2. The number of aromatic hydroxyl groups is 2. The first-order chi connectivity index (χ1) is 17.5. The molecule has 0 aliphatic carbocycles. The van der Waals surface area contributed by atoms with Gasteiger partial charge in [0, 0.05) is 35.7 Å². The van der Waals surface area contributed by atoms with Gasteiger partial charge in [-0.1, -0.05) is 30.3 Å². The monoisotopic (exact) mass is 498 g/mol. The van der Waals surface area contributed by atoms with E-state index in [1.54, 1.807) is 0 Å². The molecular weight excluding hydrogens is 476 g/mol. The Kier molecular flexibility index (Phi) is 5.55. The minimum atomic E-state index is -0.372. The maximum atomic E-state index is 13.0. The van der Waals surface area contributed by atoms with Crippen molar-refractivity contribution in [1.29, 1.82) is 0 Å². The van der Waals surface area contributed by atoms with Crippen LogP contribution >= 0.6 is 11.8 Å². The van der Waals surface area contributed by atoms with Crippen molar-refractivity contribution in [3.63, 3.8) is 0 Å². The average molecular weight is 499 g/mol. The quantitative estimate of drug-likeness (QED) is 0.317. The number of aromatic nitrogens is 1. The molecule has 0 amide bonds. The second-order valence-electron chi connectivity index (χ2n) is 8.78. The van der Waals surface area contributed by atoms with Gasteiger partial charge in [0.25, 0.3) is 5.22 Å². The largest absolute Gasteiger partial charge is 0.507 e. The Balaban J connectivity index is 1.38. The second kappa shape index (κ2) is 8.89. The Bertz CT molecular complexity index is 1670. The molecule has 2 N–H and O–H groups in total. The van der Waals surface area contributed by atoms with Crippen molar-refractivity contribution in [1.82, 2.24) is 9.88 Å². The van der Waals surface area contributed by atoms with Gasteiger partial charge < -0.3 is 23.9 Å². The molecule has 5 aromatic rings. The number of hydrogen-bond acceptors (Lipinski definition) is 8. The molecule has 3 aromatic carbocycles. The minimum Gasteiger partial charge on any atom is -0.507 e. The Hall–Kier alpha value is -4.01. The van der Waals surface area contributed by atoms with E-state index in [0.29, 0.717) is 28.5 Å². The highest BCUT2D eigenvalue weighted by molar-refractivity contribution is 7.99. The maximum absolute atomic E-state index is 13.0. The summed E-state index contributed by atoms with van der Waals surface area (Å²) >= 11 is 1.40. The Labute approximate surface area is 210 Å². The zero-order valence-electron chi connectivity index (χ0n) is 19.4. The molecule has 0 radical (unpaired) electrons. The number of fused-ring (bicyclic) bond motifs is 2. The van der Waals surface area contributed by atoms with Crippen LogP contribution in [0.3, 0.4) is 0 Å². The molecule has 0 bridgehead atoms. The van der Waals surface area contributed by atoms with Crippen LogP contribution in [0.4, 0.5) is 0 Å². The maximum Gasteiger partial charge on any atom is 0.261 e. The summed E-state index contributed by atoms with van der Waals surface area (Å²) in [6.45, 7) is 1.54. The van der Waals surface area contributed by atoms with Gasteiger partial charge in [-0.25, -0.2) is 4.98 Å². The SMILES string of the molecule is CN1CC=C(c2c(O)cc(O)c3c(=O)cc(-c4ccc(Sc5nc6ccccc6o5)cc4)oc23)CC1. The van der Waals surface area contributed by atoms with Crippen LogP contribution in [0.15, 0.2) is 90.5 Å². The number of nitrogens with zero attached hydrogens (tertiary/aromatic N) is 2. The van der Waals surface area contributed by atoms with Crippen molar-refractivity contribution in [2.75, 3.05) is 20.1 Å². The summed E-state index contributed by atoms with van der Waals surface area (Å²) in [6.07, 6.45) is 2.71. The van der Waals surface area contributed by atoms with E-state index in [1.807, 2.05) is 61.7 Å². The molecule has 0 saturated heterocycles. The van der Waals surface area contributed by atoms with E-state index in [2.05, 4.69) is 9.88 Å². The highest BCUT2D eigenvalue weighted by Gasteiger charge is 2.22. The summed E-state index contributed by atoms with van der Waals surface area (Å²) in [5.74, 6) is -0.0583. The van der Waals surface area contributed by atoms with E-state index in [9.17, 15) is 15.0 Å². The molecule has 36 heavy (non-hydrogen) atoms. The molecule has 0 unspecified atom stereocenters. The summed E-state index contributed by atoms with van der Waals surface area (Å²) in [7, 11) is 2.02. The molecule has 180 valence electrons. The van der Waals surface area contributed by atoms with E-state index < -0.39 is 0 Å². The highest BCUT2D eigenvalue weighted by atomic mass is 32.2. The van der Waals surface area contributed by atoms with Crippen LogP contribution < -0.4 is 5.43 Å². The van der Waals surface area contributed by atoms with Gasteiger partial charge in [0.15, 0.2) is 16.6 Å². The fourth-order valence-electron chi connectivity index (χ4n) is 4.44. The molecule has 1 aliphatic heterocycles. The molecule has 0 spiro atoms. The van der Waals surface area contributed by atoms with E-state index in [1.165, 1.54) is 23.9 Å². The number of oxazole rings is 1. The normalized spacial score (nSPS) is 14.4. The van der Waals surface area contributed by atoms with Gasteiger partial charge in [0.1, 0.15) is 28.2 Å². The first-order valence-corrected chi connectivity index (χ1v) is 12.3. The molecule has 1 aliphatic rings. The van der Waals surface area contributed by atoms with Crippen LogP contribution in [0.1, 0.15) is 12.0 Å². The second-order valence-corrected chi connectivity index (χ2v) is 9.81. The van der Waals surface area contributed by atoms with E-state index in [0.717, 1.165) is 34.7 Å². The molecule has 3 heterocycles. The molecular formula is C28H22N2O5S. The van der Waals surface area contributed by atoms with Crippen molar-refractivity contribution in [2.24, 2.45) is 0 Å². The number of benzene rings is 3. The van der Waals surface area contributed by atoms with E-state index in [4.69, 9.17) is 8.83 Å². The Morgan fingerprint density at radius 2 is 1.81 bits per heavy atom. The third-order valence-electron chi connectivity index (χ3n) is 6.31. The van der Waals surface area contributed by atoms with Gasteiger partial charge in [-0.05, 0) is 55.1 Å². The molecule has 0 atom stereocenters. The van der Waals surface area contributed by atoms with Crippen molar-refractivity contribution < 1.29 is 19.0 Å². The fourth-order valence-corrected chi connectivity index (χ4v) is 5.18. The number of rotatable bonds is 4. The van der Waals surface area contributed by atoms with Crippen LogP contribution in [0.5, 0.6) is 11.5 Å². The average Bonchev–Trinajstić information content (AvgIpc) is 3.27. The summed E-state index contributed by atoms with van der Waals surface area (Å²) in [4.78, 5) is 20.6. The van der Waals surface area contributed by atoms with Crippen LogP contribution in [0.25, 0.3) is 39.0 Å². The number of likely N-dealkylation sites (N-methyl/N-ethyl adjacent to an activating group) is 1. The Morgan fingerprint density at radius 1 is 1.00 bits per heavy atom. The summed E-state index contributed by atoms with van der Waals surface area (Å²) < 4.78 is 12.0. The third-order valence-corrected chi connectivity index (χ3v) is 7.17. The lowest BCUT2D eigenvalue weighted by atomic mass is 9.96. The summed E-state index contributed by atoms with van der Waals surface area (Å²) in [5.41, 5.74) is 3.40. The lowest BCUT2D eigenvalue weighted by molar-refractivity contribution is 0.369. The molecule has 0 saturated carbocycles. The summed E-state index contributed by atoms with van der Waals surface area (Å²) in [6, 6.07) is 17.7. The van der Waals surface area contributed by atoms with Crippen molar-refractivity contribution in [3.05, 3.63) is 82.5 Å². The Morgan fingerprint density at radius 3 is 2.56 bits per heavy atom. The number of hydrogen-bond donors (Lipinski definition) is 2. The highest BCUT2D eigenvalue weighted by Crippen LogP contribution is 2.40. The fraction of sp³-hybridized carbons (Fsp3) is 0.143. The lowest BCUT2D eigenvalue weighted by Gasteiger charge is -2.23.